The van der Waals surface area contributed by atoms with Gasteiger partial charge in [-0.15, -0.1) is 0 Å². The lowest BCUT2D eigenvalue weighted by Gasteiger charge is -2.39. The van der Waals surface area contributed by atoms with Crippen LogP contribution in [0.4, 0.5) is 4.39 Å². The Labute approximate surface area is 171 Å². The van der Waals surface area contributed by atoms with Gasteiger partial charge in [-0.2, -0.15) is 0 Å². The standard InChI is InChI=1S/C23H28FN3O2/c1-26-15-19(16-7-6-8-18(24)13-16)22-20(26)9-4-3-5-12-27(22)23(28)17-10-11-21(29-2)25-14-17/h6-8,10-11,13-14,19-20,22H,3-5,9,12,15H2,1-2H3/t19-,20+,22-/m0/s1. The normalized spacial score (nSPS) is 25.2. The Kier molecular flexibility index (Phi) is 5.81. The molecule has 0 saturated carbocycles. The molecule has 3 atom stereocenters. The number of likely N-dealkylation sites (N-methyl/N-ethyl adjacent to an activating group) is 1. The van der Waals surface area contributed by atoms with Crippen LogP contribution in [0.15, 0.2) is 42.6 Å². The summed E-state index contributed by atoms with van der Waals surface area (Å²) in [6, 6.07) is 10.6. The monoisotopic (exact) mass is 397 g/mol. The number of rotatable bonds is 3. The molecule has 0 N–H and O–H groups in total. The molecule has 2 aromatic rings. The van der Waals surface area contributed by atoms with Crippen LogP contribution >= 0.6 is 0 Å². The van der Waals surface area contributed by atoms with E-state index < -0.39 is 0 Å². The van der Waals surface area contributed by atoms with E-state index in [9.17, 15) is 9.18 Å². The zero-order valence-corrected chi connectivity index (χ0v) is 17.1. The SMILES string of the molecule is COc1ccc(C(=O)N2CCCCC[C@@H]3[C@@H]2[C@H](c2cccc(F)c2)CN3C)cn1. The molecule has 6 heteroatoms. The number of ether oxygens (including phenoxy) is 1. The smallest absolute Gasteiger partial charge is 0.255 e. The molecule has 0 radical (unpaired) electrons. The van der Waals surface area contributed by atoms with E-state index in [1.54, 1.807) is 37.6 Å². The molecule has 154 valence electrons. The number of methoxy groups -OCH3 is 1. The van der Waals surface area contributed by atoms with Crippen LogP contribution < -0.4 is 4.74 Å². The van der Waals surface area contributed by atoms with Crippen molar-refractivity contribution in [3.05, 3.63) is 59.5 Å². The number of hydrogen-bond donors (Lipinski definition) is 0. The Morgan fingerprint density at radius 1 is 1.21 bits per heavy atom. The van der Waals surface area contributed by atoms with Crippen molar-refractivity contribution in [2.75, 3.05) is 27.2 Å². The fourth-order valence-corrected chi connectivity index (χ4v) is 4.93. The van der Waals surface area contributed by atoms with E-state index in [0.717, 1.165) is 37.8 Å². The number of likely N-dealkylation sites (tertiary alicyclic amines) is 2. The maximum atomic E-state index is 14.0. The van der Waals surface area contributed by atoms with Crippen LogP contribution in [0.3, 0.4) is 0 Å². The minimum Gasteiger partial charge on any atom is -0.481 e. The van der Waals surface area contributed by atoms with E-state index in [-0.39, 0.29) is 29.7 Å². The van der Waals surface area contributed by atoms with Crippen molar-refractivity contribution in [1.82, 2.24) is 14.8 Å². The summed E-state index contributed by atoms with van der Waals surface area (Å²) in [5, 5.41) is 0. The summed E-state index contributed by atoms with van der Waals surface area (Å²) in [6.45, 7) is 1.54. The first kappa shape index (κ1) is 19.8. The second-order valence-corrected chi connectivity index (χ2v) is 8.10. The van der Waals surface area contributed by atoms with Crippen molar-refractivity contribution >= 4 is 5.91 Å². The number of carbonyl (C=O) groups excluding carboxylic acids is 1. The highest BCUT2D eigenvalue weighted by Crippen LogP contribution is 2.39. The predicted octanol–water partition coefficient (Wildman–Crippen LogP) is 3.71. The first-order valence-electron chi connectivity index (χ1n) is 10.3. The summed E-state index contributed by atoms with van der Waals surface area (Å²) in [5.74, 6) is 0.352. The second kappa shape index (κ2) is 8.49. The number of halogens is 1. The summed E-state index contributed by atoms with van der Waals surface area (Å²) in [7, 11) is 3.68. The molecule has 3 heterocycles. The fraction of sp³-hybridized carbons (Fsp3) is 0.478. The molecule has 1 aromatic heterocycles. The highest BCUT2D eigenvalue weighted by molar-refractivity contribution is 5.94. The molecular weight excluding hydrogens is 369 g/mol. The zero-order chi connectivity index (χ0) is 20.4. The quantitative estimate of drug-likeness (QED) is 0.792. The number of fused-ring (bicyclic) bond motifs is 1. The molecule has 29 heavy (non-hydrogen) atoms. The van der Waals surface area contributed by atoms with Crippen molar-refractivity contribution in [1.29, 1.82) is 0 Å². The average molecular weight is 397 g/mol. The van der Waals surface area contributed by atoms with Gasteiger partial charge in [0.1, 0.15) is 5.82 Å². The van der Waals surface area contributed by atoms with E-state index in [2.05, 4.69) is 16.9 Å². The molecule has 2 fully saturated rings. The van der Waals surface area contributed by atoms with Gasteiger partial charge in [-0.3, -0.25) is 4.79 Å². The number of benzene rings is 1. The average Bonchev–Trinajstić information content (AvgIpc) is 3.03. The molecular formula is C23H28FN3O2. The Hall–Kier alpha value is -2.47. The number of hydrogen-bond acceptors (Lipinski definition) is 4. The predicted molar refractivity (Wildman–Crippen MR) is 110 cm³/mol. The third-order valence-electron chi connectivity index (χ3n) is 6.35. The fourth-order valence-electron chi connectivity index (χ4n) is 4.93. The molecule has 1 aromatic carbocycles. The molecule has 4 rings (SSSR count). The van der Waals surface area contributed by atoms with Crippen LogP contribution in [-0.2, 0) is 0 Å². The van der Waals surface area contributed by atoms with Gasteiger partial charge >= 0.3 is 0 Å². The van der Waals surface area contributed by atoms with E-state index in [0.29, 0.717) is 18.0 Å². The van der Waals surface area contributed by atoms with Gasteiger partial charge in [0.2, 0.25) is 5.88 Å². The van der Waals surface area contributed by atoms with Gasteiger partial charge in [-0.1, -0.05) is 25.0 Å². The Balaban J connectivity index is 1.70. The van der Waals surface area contributed by atoms with Crippen molar-refractivity contribution < 1.29 is 13.9 Å². The molecule has 5 nitrogen and oxygen atoms in total. The first-order chi connectivity index (χ1) is 14.1. The summed E-state index contributed by atoms with van der Waals surface area (Å²) < 4.78 is 19.1. The van der Waals surface area contributed by atoms with Crippen LogP contribution in [-0.4, -0.2) is 60.0 Å². The van der Waals surface area contributed by atoms with E-state index in [4.69, 9.17) is 4.74 Å². The minimum atomic E-state index is -0.225. The Bertz CT molecular complexity index is 857. The minimum absolute atomic E-state index is 0.00578. The lowest BCUT2D eigenvalue weighted by atomic mass is 9.86. The van der Waals surface area contributed by atoms with Crippen LogP contribution in [0.25, 0.3) is 0 Å². The van der Waals surface area contributed by atoms with E-state index in [1.165, 1.54) is 6.07 Å². The molecule has 0 spiro atoms. The van der Waals surface area contributed by atoms with Crippen molar-refractivity contribution in [3.8, 4) is 5.88 Å². The largest absolute Gasteiger partial charge is 0.481 e. The number of aromatic nitrogens is 1. The molecule has 1 amide bonds. The van der Waals surface area contributed by atoms with Crippen molar-refractivity contribution in [3.63, 3.8) is 0 Å². The number of nitrogens with zero attached hydrogens (tertiary/aromatic N) is 3. The Morgan fingerprint density at radius 2 is 2.07 bits per heavy atom. The molecule has 0 unspecified atom stereocenters. The lowest BCUT2D eigenvalue weighted by Crippen LogP contribution is -2.50. The van der Waals surface area contributed by atoms with E-state index >= 15 is 0 Å². The van der Waals surface area contributed by atoms with Crippen LogP contribution in [0.5, 0.6) is 5.88 Å². The van der Waals surface area contributed by atoms with Crippen molar-refractivity contribution in [2.24, 2.45) is 0 Å². The van der Waals surface area contributed by atoms with Crippen LogP contribution in [0.2, 0.25) is 0 Å². The molecule has 2 saturated heterocycles. The van der Waals surface area contributed by atoms with Gasteiger partial charge in [0.05, 0.1) is 18.7 Å². The topological polar surface area (TPSA) is 45.7 Å². The van der Waals surface area contributed by atoms with Crippen molar-refractivity contribution in [2.45, 2.75) is 43.7 Å². The maximum absolute atomic E-state index is 14.0. The summed E-state index contributed by atoms with van der Waals surface area (Å²) in [4.78, 5) is 22.1. The molecule has 0 bridgehead atoms. The number of amides is 1. The zero-order valence-electron chi connectivity index (χ0n) is 17.1. The summed E-state index contributed by atoms with van der Waals surface area (Å²) in [6.07, 6.45) is 5.90. The summed E-state index contributed by atoms with van der Waals surface area (Å²) in [5.41, 5.74) is 1.54. The maximum Gasteiger partial charge on any atom is 0.255 e. The molecule has 0 aliphatic carbocycles. The third-order valence-corrected chi connectivity index (χ3v) is 6.35. The highest BCUT2D eigenvalue weighted by atomic mass is 19.1. The lowest BCUT2D eigenvalue weighted by molar-refractivity contribution is 0.0586. The Morgan fingerprint density at radius 3 is 2.79 bits per heavy atom. The van der Waals surface area contributed by atoms with E-state index in [1.807, 2.05) is 11.0 Å². The van der Waals surface area contributed by atoms with Gasteiger partial charge in [0, 0.05) is 37.3 Å². The number of carbonyl (C=O) groups is 1. The number of pyridine rings is 1. The highest BCUT2D eigenvalue weighted by Gasteiger charge is 2.45. The molecule has 2 aliphatic heterocycles. The molecule has 2 aliphatic rings. The van der Waals surface area contributed by atoms with Crippen LogP contribution in [0, 0.1) is 5.82 Å². The first-order valence-corrected chi connectivity index (χ1v) is 10.3. The van der Waals surface area contributed by atoms with Gasteiger partial charge in [-0.05, 0) is 43.7 Å². The third kappa shape index (κ3) is 3.99. The van der Waals surface area contributed by atoms with Gasteiger partial charge in [-0.25, -0.2) is 9.37 Å². The summed E-state index contributed by atoms with van der Waals surface area (Å²) >= 11 is 0. The second-order valence-electron chi connectivity index (χ2n) is 8.10. The van der Waals surface area contributed by atoms with Gasteiger partial charge < -0.3 is 14.5 Å². The van der Waals surface area contributed by atoms with Gasteiger partial charge in [0.25, 0.3) is 5.91 Å². The van der Waals surface area contributed by atoms with Gasteiger partial charge in [0.15, 0.2) is 0 Å². The van der Waals surface area contributed by atoms with Crippen LogP contribution in [0.1, 0.15) is 47.5 Å².